The van der Waals surface area contributed by atoms with Crippen molar-refractivity contribution in [3.05, 3.63) is 0 Å². The van der Waals surface area contributed by atoms with Gasteiger partial charge in [-0.2, -0.15) is 0 Å². The number of ether oxygens (including phenoxy) is 2. The van der Waals surface area contributed by atoms with Crippen LogP contribution < -0.4 is 5.73 Å². The van der Waals surface area contributed by atoms with Gasteiger partial charge in [0.1, 0.15) is 0 Å². The summed E-state index contributed by atoms with van der Waals surface area (Å²) >= 11 is 0. The highest BCUT2D eigenvalue weighted by atomic mass is 16.7. The Morgan fingerprint density at radius 3 is 2.21 bits per heavy atom. The zero-order valence-corrected chi connectivity index (χ0v) is 9.03. The lowest BCUT2D eigenvalue weighted by Crippen LogP contribution is -2.47. The second-order valence-electron chi connectivity index (χ2n) is 4.10. The van der Waals surface area contributed by atoms with E-state index in [9.17, 15) is 5.11 Å². The Kier molecular flexibility index (Phi) is 4.31. The van der Waals surface area contributed by atoms with Crippen LogP contribution in [-0.2, 0) is 9.47 Å². The van der Waals surface area contributed by atoms with Gasteiger partial charge >= 0.3 is 0 Å². The standard InChI is InChI=1S/C10H21NO3/c1-13-9(14-2)10(7-11)5-3-8(12)4-6-10/h8-9,12H,3-7,11H2,1-2H3. The van der Waals surface area contributed by atoms with E-state index in [0.717, 1.165) is 25.7 Å². The first kappa shape index (κ1) is 11.9. The molecule has 4 heteroatoms. The third kappa shape index (κ3) is 2.25. The third-order valence-corrected chi connectivity index (χ3v) is 3.29. The summed E-state index contributed by atoms with van der Waals surface area (Å²) in [5.74, 6) is 0. The number of hydrogen-bond donors (Lipinski definition) is 2. The minimum Gasteiger partial charge on any atom is -0.393 e. The van der Waals surface area contributed by atoms with Crippen LogP contribution in [-0.4, -0.2) is 38.3 Å². The van der Waals surface area contributed by atoms with E-state index in [1.165, 1.54) is 0 Å². The highest BCUT2D eigenvalue weighted by Crippen LogP contribution is 2.39. The minimum absolute atomic E-state index is 0.108. The van der Waals surface area contributed by atoms with Gasteiger partial charge in [-0.25, -0.2) is 0 Å². The van der Waals surface area contributed by atoms with E-state index in [2.05, 4.69) is 0 Å². The maximum Gasteiger partial charge on any atom is 0.163 e. The molecule has 0 bridgehead atoms. The van der Waals surface area contributed by atoms with E-state index in [4.69, 9.17) is 15.2 Å². The van der Waals surface area contributed by atoms with Crippen molar-refractivity contribution in [3.63, 3.8) is 0 Å². The molecule has 0 aliphatic heterocycles. The quantitative estimate of drug-likeness (QED) is 0.652. The molecule has 1 saturated carbocycles. The lowest BCUT2D eigenvalue weighted by molar-refractivity contribution is -0.190. The molecule has 84 valence electrons. The van der Waals surface area contributed by atoms with E-state index >= 15 is 0 Å². The molecule has 3 N–H and O–H groups in total. The molecule has 1 aliphatic carbocycles. The molecule has 0 saturated heterocycles. The molecular formula is C10H21NO3. The van der Waals surface area contributed by atoms with Gasteiger partial charge in [0.15, 0.2) is 6.29 Å². The van der Waals surface area contributed by atoms with Gasteiger partial charge in [0.25, 0.3) is 0 Å². The Morgan fingerprint density at radius 2 is 1.86 bits per heavy atom. The number of nitrogens with two attached hydrogens (primary N) is 1. The Bertz CT molecular complexity index is 163. The van der Waals surface area contributed by atoms with Crippen LogP contribution in [0.3, 0.4) is 0 Å². The molecule has 0 aromatic heterocycles. The second kappa shape index (κ2) is 5.07. The Balaban J connectivity index is 2.65. The molecule has 0 atom stereocenters. The first-order valence-electron chi connectivity index (χ1n) is 5.12. The minimum atomic E-state index is -0.250. The van der Waals surface area contributed by atoms with E-state index in [0.29, 0.717) is 6.54 Å². The fourth-order valence-corrected chi connectivity index (χ4v) is 2.31. The van der Waals surface area contributed by atoms with Gasteiger partial charge < -0.3 is 20.3 Å². The molecule has 4 nitrogen and oxygen atoms in total. The van der Waals surface area contributed by atoms with E-state index in [-0.39, 0.29) is 17.8 Å². The van der Waals surface area contributed by atoms with Crippen molar-refractivity contribution in [2.75, 3.05) is 20.8 Å². The number of aliphatic hydroxyl groups excluding tert-OH is 1. The lowest BCUT2D eigenvalue weighted by Gasteiger charge is -2.42. The predicted octanol–water partition coefficient (Wildman–Crippen LogP) is 0.485. The highest BCUT2D eigenvalue weighted by molar-refractivity contribution is 4.89. The van der Waals surface area contributed by atoms with Crippen LogP contribution in [0.1, 0.15) is 25.7 Å². The van der Waals surface area contributed by atoms with Gasteiger partial charge in [-0.3, -0.25) is 0 Å². The molecule has 0 heterocycles. The first-order chi connectivity index (χ1) is 6.68. The summed E-state index contributed by atoms with van der Waals surface area (Å²) in [6.07, 6.45) is 2.90. The molecule has 0 amide bonds. The van der Waals surface area contributed by atoms with Crippen molar-refractivity contribution in [2.45, 2.75) is 38.1 Å². The summed E-state index contributed by atoms with van der Waals surface area (Å²) < 4.78 is 10.6. The number of methoxy groups -OCH3 is 2. The number of rotatable bonds is 4. The summed E-state index contributed by atoms with van der Waals surface area (Å²) in [4.78, 5) is 0. The molecule has 1 fully saturated rings. The van der Waals surface area contributed by atoms with Crippen molar-refractivity contribution in [2.24, 2.45) is 11.1 Å². The van der Waals surface area contributed by atoms with E-state index < -0.39 is 0 Å². The highest BCUT2D eigenvalue weighted by Gasteiger charge is 2.41. The summed E-state index contributed by atoms with van der Waals surface area (Å²) in [5.41, 5.74) is 5.69. The molecule has 0 aromatic carbocycles. The second-order valence-corrected chi connectivity index (χ2v) is 4.10. The molecular weight excluding hydrogens is 182 g/mol. The van der Waals surface area contributed by atoms with E-state index in [1.807, 2.05) is 0 Å². The van der Waals surface area contributed by atoms with Crippen LogP contribution in [0.15, 0.2) is 0 Å². The fraction of sp³-hybridized carbons (Fsp3) is 1.00. The average Bonchev–Trinajstić information content (AvgIpc) is 2.23. The van der Waals surface area contributed by atoms with Gasteiger partial charge in [0.05, 0.1) is 6.10 Å². The topological polar surface area (TPSA) is 64.7 Å². The summed E-state index contributed by atoms with van der Waals surface area (Å²) in [6.45, 7) is 0.548. The lowest BCUT2D eigenvalue weighted by atomic mass is 9.72. The van der Waals surface area contributed by atoms with Gasteiger partial charge in [0, 0.05) is 26.2 Å². The van der Waals surface area contributed by atoms with Gasteiger partial charge in [-0.05, 0) is 25.7 Å². The SMILES string of the molecule is COC(OC)C1(CN)CCC(O)CC1. The van der Waals surface area contributed by atoms with Crippen LogP contribution in [0.4, 0.5) is 0 Å². The van der Waals surface area contributed by atoms with Crippen LogP contribution in [0.2, 0.25) is 0 Å². The molecule has 1 rings (SSSR count). The van der Waals surface area contributed by atoms with Crippen LogP contribution in [0.5, 0.6) is 0 Å². The Morgan fingerprint density at radius 1 is 1.36 bits per heavy atom. The Labute approximate surface area is 85.4 Å². The predicted molar refractivity (Wildman–Crippen MR) is 53.8 cm³/mol. The van der Waals surface area contributed by atoms with Crippen molar-refractivity contribution in [1.29, 1.82) is 0 Å². The van der Waals surface area contributed by atoms with Crippen molar-refractivity contribution >= 4 is 0 Å². The molecule has 0 unspecified atom stereocenters. The molecule has 14 heavy (non-hydrogen) atoms. The zero-order valence-electron chi connectivity index (χ0n) is 9.03. The summed E-state index contributed by atoms with van der Waals surface area (Å²) in [5, 5.41) is 9.44. The van der Waals surface area contributed by atoms with E-state index in [1.54, 1.807) is 14.2 Å². The van der Waals surface area contributed by atoms with Crippen LogP contribution >= 0.6 is 0 Å². The van der Waals surface area contributed by atoms with Crippen LogP contribution in [0, 0.1) is 5.41 Å². The normalized spacial score (nSPS) is 33.6. The summed E-state index contributed by atoms with van der Waals surface area (Å²) in [7, 11) is 3.27. The van der Waals surface area contributed by atoms with Gasteiger partial charge in [-0.15, -0.1) is 0 Å². The van der Waals surface area contributed by atoms with Crippen molar-refractivity contribution in [1.82, 2.24) is 0 Å². The smallest absolute Gasteiger partial charge is 0.163 e. The van der Waals surface area contributed by atoms with Gasteiger partial charge in [-0.1, -0.05) is 0 Å². The summed E-state index contributed by atoms with van der Waals surface area (Å²) in [6, 6.07) is 0. The van der Waals surface area contributed by atoms with Gasteiger partial charge in [0.2, 0.25) is 0 Å². The Hall–Kier alpha value is -0.160. The van der Waals surface area contributed by atoms with Crippen molar-refractivity contribution < 1.29 is 14.6 Å². The molecule has 1 aliphatic rings. The maximum absolute atomic E-state index is 9.44. The molecule has 0 radical (unpaired) electrons. The largest absolute Gasteiger partial charge is 0.393 e. The van der Waals surface area contributed by atoms with Crippen molar-refractivity contribution in [3.8, 4) is 0 Å². The average molecular weight is 203 g/mol. The molecule has 0 spiro atoms. The number of hydrogen-bond acceptors (Lipinski definition) is 4. The fourth-order valence-electron chi connectivity index (χ4n) is 2.31. The van der Waals surface area contributed by atoms with Crippen LogP contribution in [0.25, 0.3) is 0 Å². The molecule has 0 aromatic rings. The first-order valence-corrected chi connectivity index (χ1v) is 5.12. The monoisotopic (exact) mass is 203 g/mol. The zero-order chi connectivity index (χ0) is 10.6. The third-order valence-electron chi connectivity index (χ3n) is 3.29. The maximum atomic E-state index is 9.44. The number of aliphatic hydroxyl groups is 1.